The molecular formula is C18H23N3O5. The average molecular weight is 361 g/mol. The Morgan fingerprint density at radius 1 is 1.12 bits per heavy atom. The minimum absolute atomic E-state index is 0.182. The fourth-order valence-corrected chi connectivity index (χ4v) is 2.54. The topological polar surface area (TPSA) is 90.8 Å². The van der Waals surface area contributed by atoms with Gasteiger partial charge in [-0.05, 0) is 25.1 Å². The van der Waals surface area contributed by atoms with Crippen LogP contribution in [0.5, 0.6) is 17.2 Å². The van der Waals surface area contributed by atoms with Crippen LogP contribution >= 0.6 is 0 Å². The number of benzene rings is 1. The molecule has 0 saturated carbocycles. The van der Waals surface area contributed by atoms with E-state index in [2.05, 4.69) is 10.6 Å². The molecule has 0 spiro atoms. The van der Waals surface area contributed by atoms with Crippen LogP contribution < -0.4 is 30.4 Å². The van der Waals surface area contributed by atoms with Gasteiger partial charge in [-0.25, -0.2) is 4.79 Å². The van der Waals surface area contributed by atoms with Crippen molar-refractivity contribution in [3.63, 3.8) is 0 Å². The molecule has 1 heterocycles. The summed E-state index contributed by atoms with van der Waals surface area (Å²) in [6.07, 6.45) is 0. The lowest BCUT2D eigenvalue weighted by atomic mass is 10.2. The lowest BCUT2D eigenvalue weighted by Gasteiger charge is -2.15. The molecule has 26 heavy (non-hydrogen) atoms. The summed E-state index contributed by atoms with van der Waals surface area (Å²) in [6, 6.07) is 7.96. The van der Waals surface area contributed by atoms with Gasteiger partial charge in [-0.3, -0.25) is 4.79 Å². The molecule has 8 heteroatoms. The van der Waals surface area contributed by atoms with E-state index in [9.17, 15) is 9.59 Å². The molecule has 0 bridgehead atoms. The average Bonchev–Trinajstić information content (AvgIpc) is 2.63. The quantitative estimate of drug-likeness (QED) is 0.787. The fourth-order valence-electron chi connectivity index (χ4n) is 2.54. The fraction of sp³-hybridized carbons (Fsp3) is 0.333. The Kier molecular flexibility index (Phi) is 6.48. The third-order valence-electron chi connectivity index (χ3n) is 3.82. The van der Waals surface area contributed by atoms with Crippen molar-refractivity contribution in [1.82, 2.24) is 9.88 Å². The number of carbonyl (C=O) groups excluding carboxylic acids is 1. The van der Waals surface area contributed by atoms with Crippen LogP contribution in [-0.2, 0) is 6.54 Å². The molecule has 0 aliphatic carbocycles. The third kappa shape index (κ3) is 4.47. The summed E-state index contributed by atoms with van der Waals surface area (Å²) in [5, 5.41) is 5.42. The third-order valence-corrected chi connectivity index (χ3v) is 3.82. The van der Waals surface area contributed by atoms with E-state index in [0.29, 0.717) is 29.5 Å². The zero-order chi connectivity index (χ0) is 19.1. The molecule has 0 atom stereocenters. The number of rotatable bonds is 7. The van der Waals surface area contributed by atoms with Crippen molar-refractivity contribution in [2.45, 2.75) is 13.5 Å². The van der Waals surface area contributed by atoms with E-state index in [1.165, 1.54) is 27.4 Å². The van der Waals surface area contributed by atoms with Crippen molar-refractivity contribution in [3.05, 3.63) is 46.4 Å². The van der Waals surface area contributed by atoms with Gasteiger partial charge in [-0.2, -0.15) is 0 Å². The van der Waals surface area contributed by atoms with Crippen LogP contribution in [0.4, 0.5) is 10.5 Å². The molecule has 2 aromatic rings. The van der Waals surface area contributed by atoms with E-state index in [-0.39, 0.29) is 12.1 Å². The normalized spacial score (nSPS) is 10.2. The maximum absolute atomic E-state index is 12.1. The number of aryl methyl sites for hydroxylation is 1. The van der Waals surface area contributed by atoms with Gasteiger partial charge in [0.05, 0.1) is 27.0 Å². The number of carbonyl (C=O) groups is 1. The van der Waals surface area contributed by atoms with Gasteiger partial charge < -0.3 is 29.4 Å². The highest BCUT2D eigenvalue weighted by Crippen LogP contribution is 2.34. The first kappa shape index (κ1) is 19.2. The highest BCUT2D eigenvalue weighted by atomic mass is 16.5. The van der Waals surface area contributed by atoms with Gasteiger partial charge in [0, 0.05) is 24.8 Å². The molecule has 0 fully saturated rings. The second-order valence-electron chi connectivity index (χ2n) is 5.45. The van der Waals surface area contributed by atoms with E-state index >= 15 is 0 Å². The number of amides is 2. The van der Waals surface area contributed by atoms with Crippen molar-refractivity contribution in [3.8, 4) is 17.2 Å². The first-order valence-electron chi connectivity index (χ1n) is 8.01. The molecule has 0 saturated heterocycles. The summed E-state index contributed by atoms with van der Waals surface area (Å²) in [6.45, 7) is 2.44. The summed E-state index contributed by atoms with van der Waals surface area (Å²) in [5.41, 5.74) is 1.06. The van der Waals surface area contributed by atoms with E-state index in [0.717, 1.165) is 5.69 Å². The maximum Gasteiger partial charge on any atom is 0.319 e. The smallest absolute Gasteiger partial charge is 0.319 e. The minimum atomic E-state index is -0.407. The second-order valence-corrected chi connectivity index (χ2v) is 5.45. The molecule has 2 rings (SSSR count). The van der Waals surface area contributed by atoms with Gasteiger partial charge in [-0.15, -0.1) is 0 Å². The Bertz CT molecular complexity index is 832. The van der Waals surface area contributed by atoms with Gasteiger partial charge in [0.15, 0.2) is 11.5 Å². The van der Waals surface area contributed by atoms with Gasteiger partial charge in [-0.1, -0.05) is 6.07 Å². The number of hydrogen-bond donors (Lipinski definition) is 2. The van der Waals surface area contributed by atoms with E-state index < -0.39 is 6.03 Å². The summed E-state index contributed by atoms with van der Waals surface area (Å²) in [7, 11) is 4.54. The molecule has 2 amide bonds. The summed E-state index contributed by atoms with van der Waals surface area (Å²) >= 11 is 0. The molecule has 1 aromatic carbocycles. The molecular weight excluding hydrogens is 338 g/mol. The number of anilines is 1. The predicted molar refractivity (Wildman–Crippen MR) is 98.6 cm³/mol. The first-order chi connectivity index (χ1) is 12.5. The van der Waals surface area contributed by atoms with Gasteiger partial charge in [0.1, 0.15) is 5.75 Å². The van der Waals surface area contributed by atoms with Crippen molar-refractivity contribution in [2.24, 2.45) is 0 Å². The SMILES string of the molecule is COc1cc(C)n(CCNC(=O)Nc2cccc(OC)c2OC)c(=O)c1. The van der Waals surface area contributed by atoms with Gasteiger partial charge >= 0.3 is 6.03 Å². The highest BCUT2D eigenvalue weighted by Gasteiger charge is 2.12. The number of aromatic nitrogens is 1. The van der Waals surface area contributed by atoms with E-state index in [4.69, 9.17) is 14.2 Å². The van der Waals surface area contributed by atoms with Crippen LogP contribution in [0, 0.1) is 6.92 Å². The van der Waals surface area contributed by atoms with Crippen LogP contribution in [0.15, 0.2) is 35.1 Å². The molecule has 140 valence electrons. The molecule has 1 aromatic heterocycles. The van der Waals surface area contributed by atoms with E-state index in [1.54, 1.807) is 28.8 Å². The van der Waals surface area contributed by atoms with Crippen molar-refractivity contribution >= 4 is 11.7 Å². The summed E-state index contributed by atoms with van der Waals surface area (Å²) in [4.78, 5) is 24.2. The summed E-state index contributed by atoms with van der Waals surface area (Å²) in [5.74, 6) is 1.47. The van der Waals surface area contributed by atoms with E-state index in [1.807, 2.05) is 6.92 Å². The maximum atomic E-state index is 12.1. The zero-order valence-corrected chi connectivity index (χ0v) is 15.3. The molecule has 0 radical (unpaired) electrons. The van der Waals surface area contributed by atoms with Crippen LogP contribution in [0.3, 0.4) is 0 Å². The summed E-state index contributed by atoms with van der Waals surface area (Å²) < 4.78 is 17.1. The first-order valence-corrected chi connectivity index (χ1v) is 8.01. The van der Waals surface area contributed by atoms with Crippen LogP contribution in [0.25, 0.3) is 0 Å². The Morgan fingerprint density at radius 3 is 2.50 bits per heavy atom. The van der Waals surface area contributed by atoms with Crippen molar-refractivity contribution < 1.29 is 19.0 Å². The lowest BCUT2D eigenvalue weighted by molar-refractivity contribution is 0.251. The predicted octanol–water partition coefficient (Wildman–Crippen LogP) is 2.00. The Hall–Kier alpha value is -3.16. The van der Waals surface area contributed by atoms with Crippen molar-refractivity contribution in [2.75, 3.05) is 33.2 Å². The lowest BCUT2D eigenvalue weighted by Crippen LogP contribution is -2.34. The number of para-hydroxylation sites is 1. The molecule has 0 unspecified atom stereocenters. The number of hydrogen-bond acceptors (Lipinski definition) is 5. The van der Waals surface area contributed by atoms with Gasteiger partial charge in [0.25, 0.3) is 5.56 Å². The number of pyridine rings is 1. The molecule has 2 N–H and O–H groups in total. The number of nitrogens with one attached hydrogen (secondary N) is 2. The number of methoxy groups -OCH3 is 3. The van der Waals surface area contributed by atoms with Crippen LogP contribution in [0.2, 0.25) is 0 Å². The number of urea groups is 1. The van der Waals surface area contributed by atoms with Crippen molar-refractivity contribution in [1.29, 1.82) is 0 Å². The second kappa shape index (κ2) is 8.80. The largest absolute Gasteiger partial charge is 0.496 e. The highest BCUT2D eigenvalue weighted by molar-refractivity contribution is 5.91. The number of ether oxygens (including phenoxy) is 3. The standard InChI is InChI=1S/C18H23N3O5/c1-12-10-13(24-2)11-16(22)21(12)9-8-19-18(23)20-14-6-5-7-15(25-3)17(14)26-4/h5-7,10-11H,8-9H2,1-4H3,(H2,19,20,23). The number of nitrogens with zero attached hydrogens (tertiary/aromatic N) is 1. The molecule has 0 aliphatic rings. The zero-order valence-electron chi connectivity index (χ0n) is 15.3. The monoisotopic (exact) mass is 361 g/mol. The van der Waals surface area contributed by atoms with Gasteiger partial charge in [0.2, 0.25) is 0 Å². The van der Waals surface area contributed by atoms with Crippen LogP contribution in [-0.4, -0.2) is 38.5 Å². The molecule has 8 nitrogen and oxygen atoms in total. The Morgan fingerprint density at radius 2 is 1.88 bits per heavy atom. The minimum Gasteiger partial charge on any atom is -0.496 e. The Labute approximate surface area is 151 Å². The Balaban J connectivity index is 1.97. The van der Waals surface area contributed by atoms with Crippen LogP contribution in [0.1, 0.15) is 5.69 Å². The molecule has 0 aliphatic heterocycles.